The van der Waals surface area contributed by atoms with Crippen molar-refractivity contribution in [3.8, 4) is 6.07 Å². The highest BCUT2D eigenvalue weighted by molar-refractivity contribution is 7.19. The van der Waals surface area contributed by atoms with Crippen molar-refractivity contribution in [3.63, 3.8) is 0 Å². The van der Waals surface area contributed by atoms with E-state index in [-0.39, 0.29) is 0 Å². The standard InChI is InChI=1S/C14H15N3S/c1-4-5-6-10-8(2)12-13(16)11(7-15)18-14(12)17-9(10)3/h4-5H,6,16H2,1-3H3/b5-4-. The van der Waals surface area contributed by atoms with Gasteiger partial charge in [-0.1, -0.05) is 12.2 Å². The quantitative estimate of drug-likeness (QED) is 0.838. The molecule has 2 N–H and O–H groups in total. The van der Waals surface area contributed by atoms with Crippen molar-refractivity contribution < 1.29 is 0 Å². The lowest BCUT2D eigenvalue weighted by Gasteiger charge is -2.08. The molecule has 0 spiro atoms. The van der Waals surface area contributed by atoms with Gasteiger partial charge in [0, 0.05) is 11.1 Å². The number of rotatable bonds is 2. The van der Waals surface area contributed by atoms with E-state index in [0.717, 1.165) is 27.9 Å². The predicted octanol–water partition coefficient (Wildman–Crippen LogP) is 3.49. The van der Waals surface area contributed by atoms with Gasteiger partial charge < -0.3 is 5.73 Å². The SMILES string of the molecule is C/C=C\Cc1c(C)nc2sc(C#N)c(N)c2c1C. The summed E-state index contributed by atoms with van der Waals surface area (Å²) in [6.45, 7) is 6.07. The molecule has 0 saturated heterocycles. The van der Waals surface area contributed by atoms with E-state index >= 15 is 0 Å². The van der Waals surface area contributed by atoms with Gasteiger partial charge in [0.15, 0.2) is 0 Å². The predicted molar refractivity (Wildman–Crippen MR) is 76.7 cm³/mol. The smallest absolute Gasteiger partial charge is 0.130 e. The molecule has 0 radical (unpaired) electrons. The third kappa shape index (κ3) is 1.87. The minimum Gasteiger partial charge on any atom is -0.396 e. The van der Waals surface area contributed by atoms with Crippen LogP contribution in [-0.2, 0) is 6.42 Å². The van der Waals surface area contributed by atoms with E-state index in [4.69, 9.17) is 11.0 Å². The molecule has 18 heavy (non-hydrogen) atoms. The average Bonchev–Trinajstić information content (AvgIpc) is 2.65. The molecule has 0 aliphatic carbocycles. The summed E-state index contributed by atoms with van der Waals surface area (Å²) in [5, 5.41) is 9.98. The number of nitrogens with zero attached hydrogens (tertiary/aromatic N) is 2. The van der Waals surface area contributed by atoms with Crippen LogP contribution in [0.1, 0.15) is 28.6 Å². The van der Waals surface area contributed by atoms with Crippen molar-refractivity contribution >= 4 is 27.2 Å². The molecule has 0 aromatic carbocycles. The Hall–Kier alpha value is -1.86. The number of nitrogen functional groups attached to an aromatic ring is 1. The van der Waals surface area contributed by atoms with Crippen LogP contribution in [0.25, 0.3) is 10.2 Å². The Balaban J connectivity index is 2.76. The molecule has 2 aromatic heterocycles. The van der Waals surface area contributed by atoms with Crippen LogP contribution in [-0.4, -0.2) is 4.98 Å². The Labute approximate surface area is 111 Å². The van der Waals surface area contributed by atoms with E-state index in [1.807, 2.05) is 19.9 Å². The molecule has 0 saturated carbocycles. The van der Waals surface area contributed by atoms with Crippen molar-refractivity contribution in [2.75, 3.05) is 5.73 Å². The number of allylic oxidation sites excluding steroid dienone is 2. The maximum atomic E-state index is 9.03. The zero-order valence-corrected chi connectivity index (χ0v) is 11.6. The van der Waals surface area contributed by atoms with Crippen molar-refractivity contribution in [2.45, 2.75) is 27.2 Å². The number of pyridine rings is 1. The van der Waals surface area contributed by atoms with Gasteiger partial charge in [0.1, 0.15) is 15.8 Å². The van der Waals surface area contributed by atoms with Crippen LogP contribution in [0.3, 0.4) is 0 Å². The van der Waals surface area contributed by atoms with Gasteiger partial charge in [-0.3, -0.25) is 0 Å². The fourth-order valence-electron chi connectivity index (χ4n) is 2.13. The Morgan fingerprint density at radius 2 is 2.17 bits per heavy atom. The summed E-state index contributed by atoms with van der Waals surface area (Å²) in [6.07, 6.45) is 4.99. The topological polar surface area (TPSA) is 62.7 Å². The minimum absolute atomic E-state index is 0.559. The highest BCUT2D eigenvalue weighted by Crippen LogP contribution is 2.36. The molecule has 0 fully saturated rings. The molecule has 0 aliphatic heterocycles. The number of nitriles is 1. The molecule has 92 valence electrons. The van der Waals surface area contributed by atoms with E-state index in [1.54, 1.807) is 0 Å². The number of anilines is 1. The van der Waals surface area contributed by atoms with Gasteiger partial charge in [-0.25, -0.2) is 4.98 Å². The van der Waals surface area contributed by atoms with Gasteiger partial charge in [0.05, 0.1) is 5.69 Å². The largest absolute Gasteiger partial charge is 0.396 e. The summed E-state index contributed by atoms with van der Waals surface area (Å²) in [4.78, 5) is 5.99. The summed E-state index contributed by atoms with van der Waals surface area (Å²) < 4.78 is 0. The Morgan fingerprint density at radius 3 is 2.78 bits per heavy atom. The molecule has 4 heteroatoms. The van der Waals surface area contributed by atoms with Crippen LogP contribution in [0.5, 0.6) is 0 Å². The van der Waals surface area contributed by atoms with E-state index in [9.17, 15) is 0 Å². The first-order chi connectivity index (χ1) is 8.60. The first kappa shape index (κ1) is 12.6. The van der Waals surface area contributed by atoms with Crippen LogP contribution < -0.4 is 5.73 Å². The summed E-state index contributed by atoms with van der Waals surface area (Å²) in [5.41, 5.74) is 9.97. The number of hydrogen-bond donors (Lipinski definition) is 1. The van der Waals surface area contributed by atoms with Crippen LogP contribution in [0.4, 0.5) is 5.69 Å². The van der Waals surface area contributed by atoms with Crippen LogP contribution >= 0.6 is 11.3 Å². The normalized spacial score (nSPS) is 11.2. The summed E-state index contributed by atoms with van der Waals surface area (Å²) in [6, 6.07) is 2.13. The molecule has 0 aliphatic rings. The number of thiophene rings is 1. The third-order valence-electron chi connectivity index (χ3n) is 3.12. The zero-order chi connectivity index (χ0) is 13.3. The lowest BCUT2D eigenvalue weighted by Crippen LogP contribution is -1.97. The van der Waals surface area contributed by atoms with Crippen LogP contribution in [0, 0.1) is 25.2 Å². The molecule has 0 amide bonds. The van der Waals surface area contributed by atoms with Gasteiger partial charge in [-0.15, -0.1) is 11.3 Å². The maximum Gasteiger partial charge on any atom is 0.130 e. The minimum atomic E-state index is 0.559. The molecule has 2 rings (SSSR count). The third-order valence-corrected chi connectivity index (χ3v) is 4.12. The van der Waals surface area contributed by atoms with E-state index in [1.165, 1.54) is 16.9 Å². The van der Waals surface area contributed by atoms with Gasteiger partial charge in [-0.2, -0.15) is 5.26 Å². The molecular weight excluding hydrogens is 242 g/mol. The maximum absolute atomic E-state index is 9.03. The monoisotopic (exact) mass is 257 g/mol. The molecule has 3 nitrogen and oxygen atoms in total. The Kier molecular flexibility index (Phi) is 3.35. The number of nitrogens with two attached hydrogens (primary N) is 1. The first-order valence-corrected chi connectivity index (χ1v) is 6.61. The van der Waals surface area contributed by atoms with Gasteiger partial charge in [0.2, 0.25) is 0 Å². The number of fused-ring (bicyclic) bond motifs is 1. The molecule has 0 atom stereocenters. The van der Waals surface area contributed by atoms with E-state index in [0.29, 0.717) is 10.6 Å². The number of aromatic nitrogens is 1. The second-order valence-electron chi connectivity index (χ2n) is 4.21. The van der Waals surface area contributed by atoms with Gasteiger partial charge in [0.25, 0.3) is 0 Å². The molecule has 0 unspecified atom stereocenters. The second kappa shape index (κ2) is 4.79. The molecule has 2 heterocycles. The molecule has 2 aromatic rings. The summed E-state index contributed by atoms with van der Waals surface area (Å²) in [5.74, 6) is 0. The molecular formula is C14H15N3S. The summed E-state index contributed by atoms with van der Waals surface area (Å²) in [7, 11) is 0. The Morgan fingerprint density at radius 1 is 1.44 bits per heavy atom. The van der Waals surface area contributed by atoms with Crippen molar-refractivity contribution in [3.05, 3.63) is 33.9 Å². The van der Waals surface area contributed by atoms with Gasteiger partial charge in [-0.05, 0) is 38.3 Å². The van der Waals surface area contributed by atoms with Crippen LogP contribution in [0.15, 0.2) is 12.2 Å². The summed E-state index contributed by atoms with van der Waals surface area (Å²) >= 11 is 1.37. The highest BCUT2D eigenvalue weighted by atomic mass is 32.1. The Bertz CT molecular complexity index is 675. The van der Waals surface area contributed by atoms with Crippen molar-refractivity contribution in [1.82, 2.24) is 4.98 Å². The highest BCUT2D eigenvalue weighted by Gasteiger charge is 2.16. The second-order valence-corrected chi connectivity index (χ2v) is 5.21. The van der Waals surface area contributed by atoms with Crippen molar-refractivity contribution in [2.24, 2.45) is 0 Å². The first-order valence-electron chi connectivity index (χ1n) is 5.79. The van der Waals surface area contributed by atoms with Crippen molar-refractivity contribution in [1.29, 1.82) is 5.26 Å². The van der Waals surface area contributed by atoms with E-state index < -0.39 is 0 Å². The number of aryl methyl sites for hydroxylation is 2. The zero-order valence-electron chi connectivity index (χ0n) is 10.7. The number of hydrogen-bond acceptors (Lipinski definition) is 4. The van der Waals surface area contributed by atoms with Crippen LogP contribution in [0.2, 0.25) is 0 Å². The molecule has 0 bridgehead atoms. The average molecular weight is 257 g/mol. The lowest BCUT2D eigenvalue weighted by molar-refractivity contribution is 1.11. The van der Waals surface area contributed by atoms with Gasteiger partial charge >= 0.3 is 0 Å². The fourth-order valence-corrected chi connectivity index (χ4v) is 3.13. The lowest BCUT2D eigenvalue weighted by atomic mass is 10.0. The van der Waals surface area contributed by atoms with E-state index in [2.05, 4.69) is 24.1 Å². The fraction of sp³-hybridized carbons (Fsp3) is 0.286.